The van der Waals surface area contributed by atoms with Crippen molar-refractivity contribution in [3.8, 4) is 21.8 Å². The summed E-state index contributed by atoms with van der Waals surface area (Å²) >= 11 is 1.14. The van der Waals surface area contributed by atoms with E-state index in [-0.39, 0.29) is 29.1 Å². The molecule has 0 aliphatic heterocycles. The number of amides is 1. The van der Waals surface area contributed by atoms with E-state index < -0.39 is 5.82 Å². The second kappa shape index (κ2) is 9.19. The number of hydrogen-bond donors (Lipinski definition) is 1. The normalized spacial score (nSPS) is 11.0. The number of aromatic nitrogens is 4. The van der Waals surface area contributed by atoms with E-state index in [0.717, 1.165) is 11.3 Å². The number of carbonyl (C=O) groups excluding carboxylic acids is 1. The average molecular weight is 450 g/mol. The van der Waals surface area contributed by atoms with Crippen LogP contribution in [0.1, 0.15) is 35.4 Å². The Bertz CT molecular complexity index is 1320. The maximum absolute atomic E-state index is 13.9. The van der Waals surface area contributed by atoms with Crippen LogP contribution in [0.15, 0.2) is 65.6 Å². The first kappa shape index (κ1) is 21.5. The molecule has 0 spiro atoms. The SMILES string of the molecule is CC(C)n1nc(-c2sc(C(=O)NCc3ccccn3)nc2-c2cccc(F)c2)ccc1=O. The van der Waals surface area contributed by atoms with E-state index in [9.17, 15) is 14.0 Å². The molecule has 1 N–H and O–H groups in total. The predicted octanol–water partition coefficient (Wildman–Crippen LogP) is 4.08. The summed E-state index contributed by atoms with van der Waals surface area (Å²) < 4.78 is 15.3. The highest BCUT2D eigenvalue weighted by Crippen LogP contribution is 2.36. The average Bonchev–Trinajstić information content (AvgIpc) is 3.24. The summed E-state index contributed by atoms with van der Waals surface area (Å²) in [6.07, 6.45) is 1.65. The van der Waals surface area contributed by atoms with Gasteiger partial charge in [-0.1, -0.05) is 18.2 Å². The van der Waals surface area contributed by atoms with Crippen LogP contribution in [0.4, 0.5) is 4.39 Å². The highest BCUT2D eigenvalue weighted by Gasteiger charge is 2.21. The number of pyridine rings is 1. The molecule has 9 heteroatoms. The first-order chi connectivity index (χ1) is 15.4. The van der Waals surface area contributed by atoms with Gasteiger partial charge >= 0.3 is 0 Å². The van der Waals surface area contributed by atoms with Crippen molar-refractivity contribution in [3.63, 3.8) is 0 Å². The van der Waals surface area contributed by atoms with Crippen LogP contribution < -0.4 is 10.9 Å². The standard InChI is InChI=1S/C23H20FN5O2S/c1-14(2)29-19(30)10-9-18(28-29)21-20(15-6-5-7-16(24)12-15)27-23(32-21)22(31)26-13-17-8-3-4-11-25-17/h3-12,14H,13H2,1-2H3,(H,26,31). The zero-order valence-electron chi connectivity index (χ0n) is 17.4. The molecule has 0 unspecified atom stereocenters. The number of carbonyl (C=O) groups is 1. The van der Waals surface area contributed by atoms with E-state index in [0.29, 0.717) is 27.5 Å². The van der Waals surface area contributed by atoms with Crippen LogP contribution in [0.25, 0.3) is 21.8 Å². The van der Waals surface area contributed by atoms with Crippen molar-refractivity contribution in [2.24, 2.45) is 0 Å². The zero-order chi connectivity index (χ0) is 22.7. The van der Waals surface area contributed by atoms with E-state index in [1.165, 1.54) is 22.9 Å². The summed E-state index contributed by atoms with van der Waals surface area (Å²) in [4.78, 5) is 34.2. The number of nitrogens with zero attached hydrogens (tertiary/aromatic N) is 4. The van der Waals surface area contributed by atoms with Crippen LogP contribution in [0.3, 0.4) is 0 Å². The number of hydrogen-bond acceptors (Lipinski definition) is 6. The van der Waals surface area contributed by atoms with E-state index in [4.69, 9.17) is 0 Å². The molecule has 3 aromatic heterocycles. The summed E-state index contributed by atoms with van der Waals surface area (Å²) in [6, 6.07) is 14.3. The minimum atomic E-state index is -0.414. The number of thiazole rings is 1. The smallest absolute Gasteiger partial charge is 0.280 e. The Balaban J connectivity index is 1.75. The van der Waals surface area contributed by atoms with Crippen LogP contribution >= 0.6 is 11.3 Å². The molecule has 162 valence electrons. The van der Waals surface area contributed by atoms with Crippen molar-refractivity contribution in [2.75, 3.05) is 0 Å². The van der Waals surface area contributed by atoms with Crippen LogP contribution in [-0.4, -0.2) is 25.7 Å². The molecule has 0 aliphatic carbocycles. The van der Waals surface area contributed by atoms with Gasteiger partial charge in [0.25, 0.3) is 11.5 Å². The van der Waals surface area contributed by atoms with Crippen LogP contribution in [0.5, 0.6) is 0 Å². The van der Waals surface area contributed by atoms with Gasteiger partial charge in [-0.2, -0.15) is 5.10 Å². The van der Waals surface area contributed by atoms with E-state index in [1.807, 2.05) is 26.0 Å². The first-order valence-electron chi connectivity index (χ1n) is 9.97. The topological polar surface area (TPSA) is 89.8 Å². The largest absolute Gasteiger partial charge is 0.344 e. The fourth-order valence-corrected chi connectivity index (χ4v) is 4.06. The number of nitrogens with one attached hydrogen (secondary N) is 1. The van der Waals surface area contributed by atoms with Crippen molar-refractivity contribution >= 4 is 17.2 Å². The summed E-state index contributed by atoms with van der Waals surface area (Å²) in [5.74, 6) is -0.788. The Morgan fingerprint density at radius 2 is 2.00 bits per heavy atom. The summed E-state index contributed by atoms with van der Waals surface area (Å²) in [5.41, 5.74) is 1.92. The number of benzene rings is 1. The van der Waals surface area contributed by atoms with E-state index in [1.54, 1.807) is 30.5 Å². The molecule has 0 radical (unpaired) electrons. The van der Waals surface area contributed by atoms with Gasteiger partial charge in [0.1, 0.15) is 11.5 Å². The number of rotatable bonds is 6. The summed E-state index contributed by atoms with van der Waals surface area (Å²) in [7, 11) is 0. The second-order valence-corrected chi connectivity index (χ2v) is 8.31. The maximum atomic E-state index is 13.9. The molecule has 0 atom stereocenters. The van der Waals surface area contributed by atoms with Gasteiger partial charge in [0.15, 0.2) is 5.01 Å². The molecule has 3 heterocycles. The minimum Gasteiger partial charge on any atom is -0.344 e. The molecule has 7 nitrogen and oxygen atoms in total. The Morgan fingerprint density at radius 1 is 1.16 bits per heavy atom. The third-order valence-electron chi connectivity index (χ3n) is 4.62. The third kappa shape index (κ3) is 4.62. The molecule has 4 aromatic rings. The Hall–Kier alpha value is -3.72. The Kier molecular flexibility index (Phi) is 6.18. The predicted molar refractivity (Wildman–Crippen MR) is 121 cm³/mol. The lowest BCUT2D eigenvalue weighted by Crippen LogP contribution is -2.23. The zero-order valence-corrected chi connectivity index (χ0v) is 18.3. The van der Waals surface area contributed by atoms with Crippen LogP contribution in [-0.2, 0) is 6.54 Å². The lowest BCUT2D eigenvalue weighted by atomic mass is 10.1. The Labute approximate surface area is 187 Å². The van der Waals surface area contributed by atoms with Gasteiger partial charge in [0.2, 0.25) is 0 Å². The highest BCUT2D eigenvalue weighted by molar-refractivity contribution is 7.17. The molecule has 4 rings (SSSR count). The maximum Gasteiger partial charge on any atom is 0.280 e. The fourth-order valence-electron chi connectivity index (χ4n) is 3.09. The van der Waals surface area contributed by atoms with Gasteiger partial charge in [0.05, 0.1) is 28.9 Å². The van der Waals surface area contributed by atoms with Gasteiger partial charge in [0, 0.05) is 17.8 Å². The van der Waals surface area contributed by atoms with Crippen LogP contribution in [0, 0.1) is 5.82 Å². The molecular weight excluding hydrogens is 429 g/mol. The van der Waals surface area contributed by atoms with Gasteiger partial charge in [-0.3, -0.25) is 14.6 Å². The van der Waals surface area contributed by atoms with Crippen molar-refractivity contribution in [1.29, 1.82) is 0 Å². The van der Waals surface area contributed by atoms with E-state index in [2.05, 4.69) is 20.4 Å². The molecule has 1 amide bonds. The van der Waals surface area contributed by atoms with Gasteiger partial charge < -0.3 is 5.32 Å². The minimum absolute atomic E-state index is 0.144. The van der Waals surface area contributed by atoms with Gasteiger partial charge in [-0.15, -0.1) is 11.3 Å². The van der Waals surface area contributed by atoms with Gasteiger partial charge in [-0.25, -0.2) is 14.1 Å². The summed E-state index contributed by atoms with van der Waals surface area (Å²) in [6.45, 7) is 3.96. The van der Waals surface area contributed by atoms with Crippen molar-refractivity contribution in [3.05, 3.63) is 87.7 Å². The van der Waals surface area contributed by atoms with Gasteiger partial charge in [-0.05, 0) is 44.2 Å². The molecule has 1 aromatic carbocycles. The van der Waals surface area contributed by atoms with Crippen molar-refractivity contribution < 1.29 is 9.18 Å². The highest BCUT2D eigenvalue weighted by atomic mass is 32.1. The summed E-state index contributed by atoms with van der Waals surface area (Å²) in [5, 5.41) is 7.47. The molecule has 0 saturated heterocycles. The first-order valence-corrected chi connectivity index (χ1v) is 10.8. The van der Waals surface area contributed by atoms with Crippen LogP contribution in [0.2, 0.25) is 0 Å². The molecule has 0 fully saturated rings. The molecule has 0 bridgehead atoms. The number of halogens is 1. The lowest BCUT2D eigenvalue weighted by molar-refractivity contribution is 0.0950. The molecule has 32 heavy (non-hydrogen) atoms. The Morgan fingerprint density at radius 3 is 2.72 bits per heavy atom. The molecule has 0 aliphatic rings. The molecule has 0 saturated carbocycles. The monoisotopic (exact) mass is 449 g/mol. The lowest BCUT2D eigenvalue weighted by Gasteiger charge is -2.10. The third-order valence-corrected chi connectivity index (χ3v) is 5.70. The second-order valence-electron chi connectivity index (χ2n) is 7.31. The van der Waals surface area contributed by atoms with Crippen molar-refractivity contribution in [1.82, 2.24) is 25.1 Å². The van der Waals surface area contributed by atoms with E-state index >= 15 is 0 Å². The fraction of sp³-hybridized carbons (Fsp3) is 0.174. The molecular formula is C23H20FN5O2S. The quantitative estimate of drug-likeness (QED) is 0.479. The van der Waals surface area contributed by atoms with Crippen molar-refractivity contribution in [2.45, 2.75) is 26.4 Å².